The molecule has 1 atom stereocenters. The number of hydrogen-bond donors (Lipinski definition) is 2. The van der Waals surface area contributed by atoms with Crippen molar-refractivity contribution in [2.45, 2.75) is 32.4 Å². The number of rotatable bonds is 8. The first kappa shape index (κ1) is 26.0. The number of benzene rings is 1. The number of anilines is 3. The lowest BCUT2D eigenvalue weighted by Crippen LogP contribution is -2.51. The van der Waals surface area contributed by atoms with Crippen molar-refractivity contribution in [1.29, 1.82) is 0 Å². The van der Waals surface area contributed by atoms with Gasteiger partial charge >= 0.3 is 0 Å². The zero-order chi connectivity index (χ0) is 27.7. The first-order valence-corrected chi connectivity index (χ1v) is 12.7. The zero-order valence-electron chi connectivity index (χ0n) is 22.7. The summed E-state index contributed by atoms with van der Waals surface area (Å²) >= 11 is 0. The second-order valence-electron chi connectivity index (χ2n) is 10.0. The molecule has 0 bridgehead atoms. The maximum atomic E-state index is 13.4. The number of carbonyl (C=O) groups excluding carboxylic acids is 2. The Kier molecular flexibility index (Phi) is 6.81. The van der Waals surface area contributed by atoms with Crippen LogP contribution < -0.4 is 20.3 Å². The van der Waals surface area contributed by atoms with E-state index in [0.29, 0.717) is 42.6 Å². The predicted octanol–water partition coefficient (Wildman–Crippen LogP) is 3.17. The van der Waals surface area contributed by atoms with Crippen molar-refractivity contribution in [3.63, 3.8) is 0 Å². The van der Waals surface area contributed by atoms with Crippen LogP contribution in [0.2, 0.25) is 0 Å². The first-order valence-electron chi connectivity index (χ1n) is 12.7. The SMILES string of the molecule is COc1ccc(CN(C)c2cc(Nc3cccc(C)n3)nc3c(C(=O)N[C@]4(C)CCN(C)C4=O)cnn23)cc1. The predicted molar refractivity (Wildman–Crippen MR) is 148 cm³/mol. The number of amides is 2. The molecule has 0 radical (unpaired) electrons. The van der Waals surface area contributed by atoms with Gasteiger partial charge < -0.3 is 25.2 Å². The molecule has 2 amide bonds. The Morgan fingerprint density at radius 3 is 2.59 bits per heavy atom. The highest BCUT2D eigenvalue weighted by Gasteiger charge is 2.42. The molecule has 202 valence electrons. The zero-order valence-corrected chi connectivity index (χ0v) is 22.7. The average molecular weight is 529 g/mol. The van der Waals surface area contributed by atoms with Gasteiger partial charge in [0.25, 0.3) is 5.91 Å². The van der Waals surface area contributed by atoms with Crippen LogP contribution in [0.25, 0.3) is 5.65 Å². The number of aromatic nitrogens is 4. The lowest BCUT2D eigenvalue weighted by molar-refractivity contribution is -0.131. The number of aryl methyl sites for hydroxylation is 1. The van der Waals surface area contributed by atoms with E-state index in [0.717, 1.165) is 17.0 Å². The van der Waals surface area contributed by atoms with Crippen LogP contribution in [0.1, 0.15) is 35.0 Å². The molecule has 1 aromatic carbocycles. The Bertz CT molecular complexity index is 1530. The van der Waals surface area contributed by atoms with Gasteiger partial charge in [-0.1, -0.05) is 18.2 Å². The number of likely N-dealkylation sites (tertiary alicyclic amines) is 1. The fourth-order valence-corrected chi connectivity index (χ4v) is 4.73. The number of hydrogen-bond acceptors (Lipinski definition) is 8. The first-order chi connectivity index (χ1) is 18.7. The molecule has 1 saturated heterocycles. The summed E-state index contributed by atoms with van der Waals surface area (Å²) in [6.07, 6.45) is 2.02. The van der Waals surface area contributed by atoms with Crippen LogP contribution in [0.5, 0.6) is 5.75 Å². The van der Waals surface area contributed by atoms with Gasteiger partial charge in [-0.3, -0.25) is 9.59 Å². The molecule has 1 fully saturated rings. The lowest BCUT2D eigenvalue weighted by atomic mass is 10.0. The van der Waals surface area contributed by atoms with Crippen molar-refractivity contribution in [3.8, 4) is 5.75 Å². The molecule has 0 spiro atoms. The summed E-state index contributed by atoms with van der Waals surface area (Å²) in [5.41, 5.74) is 1.60. The van der Waals surface area contributed by atoms with Gasteiger partial charge in [0.15, 0.2) is 5.65 Å². The van der Waals surface area contributed by atoms with Gasteiger partial charge in [-0.25, -0.2) is 9.97 Å². The van der Waals surface area contributed by atoms with Crippen LogP contribution in [-0.2, 0) is 11.3 Å². The standard InChI is InChI=1S/C28H32N8O3/c1-18-7-6-8-22(30-18)31-23-15-24(35(4)17-19-9-11-20(39-5)12-10-19)36-25(32-23)21(16-29-36)26(37)33-28(2)13-14-34(3)27(28)38/h6-12,15-16H,13-14,17H2,1-5H3,(H,33,37)(H,30,31,32)/t28-/m1/s1. The monoisotopic (exact) mass is 528 g/mol. The molecular formula is C28H32N8O3. The largest absolute Gasteiger partial charge is 0.497 e. The van der Waals surface area contributed by atoms with Gasteiger partial charge in [0.1, 0.15) is 34.3 Å². The number of likely N-dealkylation sites (N-methyl/N-ethyl adjacent to an activating group) is 1. The Labute approximate surface area is 226 Å². The van der Waals surface area contributed by atoms with Crippen LogP contribution in [0.4, 0.5) is 17.5 Å². The summed E-state index contributed by atoms with van der Waals surface area (Å²) < 4.78 is 6.91. The second-order valence-corrected chi connectivity index (χ2v) is 10.0. The topological polar surface area (TPSA) is 117 Å². The van der Waals surface area contributed by atoms with E-state index in [2.05, 4.69) is 20.7 Å². The number of methoxy groups -OCH3 is 1. The number of fused-ring (bicyclic) bond motifs is 1. The quantitative estimate of drug-likeness (QED) is 0.358. The van der Waals surface area contributed by atoms with Crippen LogP contribution in [0.15, 0.2) is 54.7 Å². The molecule has 4 heterocycles. The minimum absolute atomic E-state index is 0.118. The molecule has 5 rings (SSSR count). The minimum Gasteiger partial charge on any atom is -0.497 e. The Balaban J connectivity index is 1.52. The van der Waals surface area contributed by atoms with Gasteiger partial charge in [0.05, 0.1) is 13.3 Å². The number of nitrogens with zero attached hydrogens (tertiary/aromatic N) is 6. The van der Waals surface area contributed by atoms with Crippen LogP contribution >= 0.6 is 0 Å². The van der Waals surface area contributed by atoms with Gasteiger partial charge in [0, 0.05) is 38.9 Å². The molecule has 0 saturated carbocycles. The summed E-state index contributed by atoms with van der Waals surface area (Å²) in [5, 5.41) is 10.7. The van der Waals surface area contributed by atoms with Crippen molar-refractivity contribution in [2.24, 2.45) is 0 Å². The molecule has 4 aromatic rings. The van der Waals surface area contributed by atoms with Crippen molar-refractivity contribution < 1.29 is 14.3 Å². The molecule has 1 aliphatic rings. The van der Waals surface area contributed by atoms with E-state index in [1.807, 2.05) is 67.4 Å². The smallest absolute Gasteiger partial charge is 0.257 e. The van der Waals surface area contributed by atoms with E-state index < -0.39 is 11.4 Å². The third-order valence-corrected chi connectivity index (χ3v) is 6.97. The van der Waals surface area contributed by atoms with Crippen LogP contribution in [-0.4, -0.2) is 69.6 Å². The minimum atomic E-state index is -0.977. The van der Waals surface area contributed by atoms with Crippen molar-refractivity contribution in [3.05, 3.63) is 71.5 Å². The van der Waals surface area contributed by atoms with Crippen LogP contribution in [0, 0.1) is 6.92 Å². The van der Waals surface area contributed by atoms with E-state index in [-0.39, 0.29) is 11.5 Å². The summed E-state index contributed by atoms with van der Waals surface area (Å²) in [5.74, 6) is 2.12. The Morgan fingerprint density at radius 2 is 1.92 bits per heavy atom. The molecule has 0 aliphatic carbocycles. The number of pyridine rings is 1. The fourth-order valence-electron chi connectivity index (χ4n) is 4.73. The highest BCUT2D eigenvalue weighted by Crippen LogP contribution is 2.27. The maximum absolute atomic E-state index is 13.4. The Morgan fingerprint density at radius 1 is 1.15 bits per heavy atom. The van der Waals surface area contributed by atoms with Gasteiger partial charge in [-0.05, 0) is 50.1 Å². The maximum Gasteiger partial charge on any atom is 0.257 e. The van der Waals surface area contributed by atoms with E-state index in [9.17, 15) is 9.59 Å². The van der Waals surface area contributed by atoms with Gasteiger partial charge in [-0.15, -0.1) is 0 Å². The van der Waals surface area contributed by atoms with E-state index in [1.54, 1.807) is 30.5 Å². The normalized spacial score (nSPS) is 16.9. The molecule has 11 nitrogen and oxygen atoms in total. The molecule has 2 N–H and O–H groups in total. The number of nitrogens with one attached hydrogen (secondary N) is 2. The third-order valence-electron chi connectivity index (χ3n) is 6.97. The van der Waals surface area contributed by atoms with Gasteiger partial charge in [-0.2, -0.15) is 9.61 Å². The van der Waals surface area contributed by atoms with Gasteiger partial charge in [0.2, 0.25) is 5.91 Å². The lowest BCUT2D eigenvalue weighted by Gasteiger charge is -2.23. The van der Waals surface area contributed by atoms with Crippen molar-refractivity contribution in [2.75, 3.05) is 38.0 Å². The third kappa shape index (κ3) is 5.20. The fraction of sp³-hybridized carbons (Fsp3) is 0.321. The highest BCUT2D eigenvalue weighted by molar-refractivity contribution is 6.03. The molecule has 39 heavy (non-hydrogen) atoms. The second kappa shape index (κ2) is 10.2. The molecule has 0 unspecified atom stereocenters. The highest BCUT2D eigenvalue weighted by atomic mass is 16.5. The van der Waals surface area contributed by atoms with E-state index in [1.165, 1.54) is 6.20 Å². The van der Waals surface area contributed by atoms with E-state index in [4.69, 9.17) is 9.72 Å². The summed E-state index contributed by atoms with van der Waals surface area (Å²) in [7, 11) is 5.32. The summed E-state index contributed by atoms with van der Waals surface area (Å²) in [6.45, 7) is 4.82. The van der Waals surface area contributed by atoms with Crippen molar-refractivity contribution in [1.82, 2.24) is 29.8 Å². The molecule has 3 aromatic heterocycles. The molecule has 11 heteroatoms. The molecular weight excluding hydrogens is 496 g/mol. The molecule has 1 aliphatic heterocycles. The summed E-state index contributed by atoms with van der Waals surface area (Å²) in [4.78, 5) is 39.0. The number of ether oxygens (including phenoxy) is 1. The summed E-state index contributed by atoms with van der Waals surface area (Å²) in [6, 6.07) is 15.4. The van der Waals surface area contributed by atoms with Crippen molar-refractivity contribution >= 4 is 34.9 Å². The van der Waals surface area contributed by atoms with E-state index >= 15 is 0 Å². The average Bonchev–Trinajstić information content (AvgIpc) is 3.45. The Hall–Kier alpha value is -4.67. The van der Waals surface area contributed by atoms with Crippen LogP contribution in [0.3, 0.4) is 0 Å². The number of carbonyl (C=O) groups is 2.